The molecule has 0 heterocycles. The molecule has 0 spiro atoms. The quantitative estimate of drug-likeness (QED) is 0.351. The molecule has 0 aliphatic rings. The fourth-order valence-electron chi connectivity index (χ4n) is 2.20. The van der Waals surface area contributed by atoms with Crippen molar-refractivity contribution in [3.63, 3.8) is 0 Å². The highest BCUT2D eigenvalue weighted by molar-refractivity contribution is 14.0. The summed E-state index contributed by atoms with van der Waals surface area (Å²) >= 11 is 0. The Morgan fingerprint density at radius 3 is 2.56 bits per heavy atom. The molecule has 0 aliphatic carbocycles. The topological polar surface area (TPSA) is 76.7 Å². The van der Waals surface area contributed by atoms with Gasteiger partial charge in [0.1, 0.15) is 0 Å². The smallest absolute Gasteiger partial charge is 0.193 e. The fourth-order valence-corrected chi connectivity index (χ4v) is 3.20. The number of guanidine groups is 1. The van der Waals surface area contributed by atoms with E-state index in [2.05, 4.69) is 10.3 Å². The van der Waals surface area contributed by atoms with Crippen LogP contribution in [0.4, 0.5) is 5.69 Å². The van der Waals surface area contributed by atoms with E-state index in [0.717, 1.165) is 16.8 Å². The van der Waals surface area contributed by atoms with Gasteiger partial charge in [0.05, 0.1) is 13.2 Å². The van der Waals surface area contributed by atoms with Crippen molar-refractivity contribution in [3.8, 4) is 0 Å². The monoisotopic (exact) mass is 473 g/mol. The van der Waals surface area contributed by atoms with Gasteiger partial charge in [-0.1, -0.05) is 48.5 Å². The molecule has 0 bridgehead atoms. The van der Waals surface area contributed by atoms with Gasteiger partial charge in [0, 0.05) is 40.7 Å². The summed E-state index contributed by atoms with van der Waals surface area (Å²) in [6.45, 7) is 0.919. The molecular formula is C18H24IN3O2S. The zero-order chi connectivity index (χ0) is 17.2. The molecular weight excluding hydrogens is 449 g/mol. The number of para-hydroxylation sites is 1. The minimum Gasteiger partial charge on any atom is -0.380 e. The zero-order valence-electron chi connectivity index (χ0n) is 14.2. The second-order valence-corrected chi connectivity index (χ2v) is 6.83. The van der Waals surface area contributed by atoms with Gasteiger partial charge in [-0.05, 0) is 11.6 Å². The molecule has 0 saturated heterocycles. The maximum absolute atomic E-state index is 12.1. The number of benzene rings is 2. The first-order chi connectivity index (χ1) is 11.7. The lowest BCUT2D eigenvalue weighted by Crippen LogP contribution is -2.24. The summed E-state index contributed by atoms with van der Waals surface area (Å²) in [6, 6.07) is 17.5. The SMILES string of the molecule is COCc1ccccc1NC(N)=NCCS(=O)Cc1ccccc1.I. The third-order valence-electron chi connectivity index (χ3n) is 3.35. The van der Waals surface area contributed by atoms with Crippen molar-refractivity contribution >= 4 is 46.4 Å². The second kappa shape index (κ2) is 12.0. The average Bonchev–Trinajstić information content (AvgIpc) is 2.58. The van der Waals surface area contributed by atoms with E-state index in [1.807, 2.05) is 54.6 Å². The lowest BCUT2D eigenvalue weighted by atomic mass is 10.2. The van der Waals surface area contributed by atoms with Crippen LogP contribution in [-0.2, 0) is 27.9 Å². The first kappa shape index (κ1) is 21.6. The third kappa shape index (κ3) is 7.98. The molecule has 2 aromatic rings. The van der Waals surface area contributed by atoms with Gasteiger partial charge in [0.25, 0.3) is 0 Å². The normalized spacial score (nSPS) is 12.3. The number of halogens is 1. The van der Waals surface area contributed by atoms with Gasteiger partial charge in [-0.2, -0.15) is 0 Å². The molecule has 0 amide bonds. The minimum absolute atomic E-state index is 0. The van der Waals surface area contributed by atoms with Crippen molar-refractivity contribution in [2.24, 2.45) is 10.7 Å². The van der Waals surface area contributed by atoms with Crippen LogP contribution >= 0.6 is 24.0 Å². The first-order valence-electron chi connectivity index (χ1n) is 7.71. The van der Waals surface area contributed by atoms with Gasteiger partial charge in [0.2, 0.25) is 0 Å². The molecule has 25 heavy (non-hydrogen) atoms. The summed E-state index contributed by atoms with van der Waals surface area (Å²) in [5, 5.41) is 3.07. The Bertz CT molecular complexity index is 696. The molecule has 3 N–H and O–H groups in total. The summed E-state index contributed by atoms with van der Waals surface area (Å²) in [5.41, 5.74) is 8.85. The number of methoxy groups -OCH3 is 1. The Morgan fingerprint density at radius 1 is 1.16 bits per heavy atom. The lowest BCUT2D eigenvalue weighted by Gasteiger charge is -2.10. The number of rotatable bonds is 8. The van der Waals surface area contributed by atoms with Crippen molar-refractivity contribution < 1.29 is 8.95 Å². The number of aliphatic imine (C=N–C) groups is 1. The van der Waals surface area contributed by atoms with Gasteiger partial charge < -0.3 is 15.8 Å². The summed E-state index contributed by atoms with van der Waals surface area (Å²) in [4.78, 5) is 4.25. The summed E-state index contributed by atoms with van der Waals surface area (Å²) < 4.78 is 17.2. The Kier molecular flexibility index (Phi) is 10.4. The van der Waals surface area contributed by atoms with Crippen LogP contribution in [0.25, 0.3) is 0 Å². The number of ether oxygens (including phenoxy) is 1. The molecule has 2 aromatic carbocycles. The molecule has 2 rings (SSSR count). The maximum atomic E-state index is 12.1. The summed E-state index contributed by atoms with van der Waals surface area (Å²) in [5.74, 6) is 1.34. The van der Waals surface area contributed by atoms with Crippen LogP contribution in [-0.4, -0.2) is 29.6 Å². The number of hydrogen-bond acceptors (Lipinski definition) is 3. The molecule has 1 atom stereocenters. The van der Waals surface area contributed by atoms with Crippen molar-refractivity contribution in [2.75, 3.05) is 24.7 Å². The van der Waals surface area contributed by atoms with Crippen LogP contribution in [0.2, 0.25) is 0 Å². The van der Waals surface area contributed by atoms with Crippen molar-refractivity contribution in [3.05, 3.63) is 65.7 Å². The number of nitrogens with zero attached hydrogens (tertiary/aromatic N) is 1. The van der Waals surface area contributed by atoms with E-state index >= 15 is 0 Å². The molecule has 0 saturated carbocycles. The van der Waals surface area contributed by atoms with Gasteiger partial charge in [-0.25, -0.2) is 0 Å². The second-order valence-electron chi connectivity index (χ2n) is 5.26. The Labute approximate surface area is 168 Å². The Balaban J connectivity index is 0.00000312. The molecule has 0 aliphatic heterocycles. The van der Waals surface area contributed by atoms with E-state index in [-0.39, 0.29) is 24.0 Å². The molecule has 7 heteroatoms. The van der Waals surface area contributed by atoms with Crippen molar-refractivity contribution in [2.45, 2.75) is 12.4 Å². The van der Waals surface area contributed by atoms with Gasteiger partial charge >= 0.3 is 0 Å². The van der Waals surface area contributed by atoms with Gasteiger partial charge in [-0.3, -0.25) is 9.20 Å². The van der Waals surface area contributed by atoms with Crippen LogP contribution in [0.3, 0.4) is 0 Å². The van der Waals surface area contributed by atoms with Crippen LogP contribution in [0.5, 0.6) is 0 Å². The van der Waals surface area contributed by atoms with E-state index in [1.54, 1.807) is 7.11 Å². The van der Waals surface area contributed by atoms with E-state index in [4.69, 9.17) is 10.5 Å². The molecule has 5 nitrogen and oxygen atoms in total. The lowest BCUT2D eigenvalue weighted by molar-refractivity contribution is 0.185. The molecule has 1 unspecified atom stereocenters. The third-order valence-corrected chi connectivity index (χ3v) is 4.64. The number of nitrogens with one attached hydrogen (secondary N) is 1. The van der Waals surface area contributed by atoms with Gasteiger partial charge in [0.15, 0.2) is 5.96 Å². The van der Waals surface area contributed by atoms with Crippen molar-refractivity contribution in [1.29, 1.82) is 0 Å². The number of hydrogen-bond donors (Lipinski definition) is 2. The highest BCUT2D eigenvalue weighted by Crippen LogP contribution is 2.15. The maximum Gasteiger partial charge on any atom is 0.193 e. The average molecular weight is 473 g/mol. The zero-order valence-corrected chi connectivity index (χ0v) is 17.3. The summed E-state index contributed by atoms with van der Waals surface area (Å²) in [7, 11) is 0.697. The Morgan fingerprint density at radius 2 is 1.84 bits per heavy atom. The number of anilines is 1. The van der Waals surface area contributed by atoms with E-state index in [1.165, 1.54) is 0 Å². The van der Waals surface area contributed by atoms with Crippen molar-refractivity contribution in [1.82, 2.24) is 0 Å². The largest absolute Gasteiger partial charge is 0.380 e. The predicted molar refractivity (Wildman–Crippen MR) is 116 cm³/mol. The van der Waals surface area contributed by atoms with Crippen LogP contribution in [0.15, 0.2) is 59.6 Å². The predicted octanol–water partition coefficient (Wildman–Crippen LogP) is 3.13. The minimum atomic E-state index is -0.952. The first-order valence-corrected chi connectivity index (χ1v) is 9.20. The summed E-state index contributed by atoms with van der Waals surface area (Å²) in [6.07, 6.45) is 0. The fraction of sp³-hybridized carbons (Fsp3) is 0.278. The van der Waals surface area contributed by atoms with E-state index in [0.29, 0.717) is 30.6 Å². The van der Waals surface area contributed by atoms with Crippen LogP contribution in [0.1, 0.15) is 11.1 Å². The van der Waals surface area contributed by atoms with Crippen LogP contribution in [0, 0.1) is 0 Å². The number of nitrogens with two attached hydrogens (primary N) is 1. The highest BCUT2D eigenvalue weighted by Gasteiger charge is 2.04. The van der Waals surface area contributed by atoms with Gasteiger partial charge in [-0.15, -0.1) is 24.0 Å². The van der Waals surface area contributed by atoms with E-state index < -0.39 is 10.8 Å². The molecule has 0 aromatic heterocycles. The molecule has 136 valence electrons. The molecule has 0 radical (unpaired) electrons. The van der Waals surface area contributed by atoms with E-state index in [9.17, 15) is 4.21 Å². The Hall–Kier alpha value is -1.45. The standard InChI is InChI=1S/C18H23N3O2S.HI/c1-23-13-16-9-5-6-10-17(16)21-18(19)20-11-12-24(22)14-15-7-3-2-4-8-15;/h2-10H,11-14H2,1H3,(H3,19,20,21);1H. The molecule has 0 fully saturated rings. The van der Waals surface area contributed by atoms with Crippen LogP contribution < -0.4 is 11.1 Å². The highest BCUT2D eigenvalue weighted by atomic mass is 127.